The van der Waals surface area contributed by atoms with Crippen LogP contribution in [-0.2, 0) is 17.2 Å². The molecule has 1 aromatic rings. The van der Waals surface area contributed by atoms with E-state index in [0.29, 0.717) is 17.2 Å². The second-order valence-electron chi connectivity index (χ2n) is 5.12. The van der Waals surface area contributed by atoms with E-state index in [1.807, 2.05) is 24.3 Å². The molecule has 3 heteroatoms. The van der Waals surface area contributed by atoms with E-state index >= 15 is 0 Å². The van der Waals surface area contributed by atoms with Crippen LogP contribution in [0.15, 0.2) is 24.3 Å². The Morgan fingerprint density at radius 3 is 2.21 bits per heavy atom. The Hall–Kier alpha value is -0.960. The minimum absolute atomic E-state index is 0.00992. The van der Waals surface area contributed by atoms with Crippen molar-refractivity contribution in [1.29, 1.82) is 0 Å². The zero-order chi connectivity index (χ0) is 14.4. The second kappa shape index (κ2) is 7.59. The van der Waals surface area contributed by atoms with Crippen LogP contribution in [0.1, 0.15) is 50.0 Å². The molecule has 0 fully saturated rings. The maximum absolute atomic E-state index is 12.3. The normalized spacial score (nSPS) is 15.8. The van der Waals surface area contributed by atoms with E-state index in [2.05, 4.69) is 20.8 Å². The molecule has 1 aromatic carbocycles. The van der Waals surface area contributed by atoms with Gasteiger partial charge in [0.05, 0.1) is 5.25 Å². The molecule has 0 radical (unpaired) electrons. The van der Waals surface area contributed by atoms with Crippen LogP contribution in [0.2, 0.25) is 0 Å². The van der Waals surface area contributed by atoms with Crippen molar-refractivity contribution in [2.24, 2.45) is 5.92 Å². The highest BCUT2D eigenvalue weighted by atomic mass is 32.2. The Balaban J connectivity index is 2.72. The molecule has 0 aromatic heterocycles. The summed E-state index contributed by atoms with van der Waals surface area (Å²) in [7, 11) is -1.08. The molecule has 0 saturated heterocycles. The van der Waals surface area contributed by atoms with Gasteiger partial charge in [0.1, 0.15) is 0 Å². The van der Waals surface area contributed by atoms with Gasteiger partial charge >= 0.3 is 0 Å². The van der Waals surface area contributed by atoms with Gasteiger partial charge in [-0.25, -0.2) is 0 Å². The smallest absolute Gasteiger partial charge is 0.178 e. The first-order chi connectivity index (χ1) is 8.99. The van der Waals surface area contributed by atoms with Crippen LogP contribution in [0.4, 0.5) is 0 Å². The number of ketones is 1. The minimum atomic E-state index is -1.08. The lowest BCUT2D eigenvalue weighted by Crippen LogP contribution is -2.26. The summed E-state index contributed by atoms with van der Waals surface area (Å²) < 4.78 is 12.1. The largest absolute Gasteiger partial charge is 0.293 e. The summed E-state index contributed by atoms with van der Waals surface area (Å²) in [6.07, 6.45) is 1.96. The lowest BCUT2D eigenvalue weighted by atomic mass is 10.1. The Morgan fingerprint density at radius 2 is 1.74 bits per heavy atom. The van der Waals surface area contributed by atoms with Gasteiger partial charge in [-0.1, -0.05) is 51.5 Å². The highest BCUT2D eigenvalue weighted by molar-refractivity contribution is 7.86. The molecule has 2 nitrogen and oxygen atoms in total. The van der Waals surface area contributed by atoms with E-state index < -0.39 is 16.0 Å². The predicted molar refractivity (Wildman–Crippen MR) is 82.1 cm³/mol. The molecule has 0 heterocycles. The first kappa shape index (κ1) is 16.1. The molecule has 0 N–H and O–H groups in total. The van der Waals surface area contributed by atoms with Gasteiger partial charge in [-0.3, -0.25) is 9.00 Å². The van der Waals surface area contributed by atoms with E-state index in [0.717, 1.165) is 12.8 Å². The molecule has 19 heavy (non-hydrogen) atoms. The van der Waals surface area contributed by atoms with Crippen LogP contribution < -0.4 is 0 Å². The Bertz CT molecular complexity index is 437. The standard InChI is InChI=1S/C16H24O2S/c1-5-12(3)11-19(18)13(4)16(17)15-9-7-14(6-2)8-10-15/h7-10,12-13H,5-6,11H2,1-4H3. The Morgan fingerprint density at radius 1 is 1.16 bits per heavy atom. The Kier molecular flexibility index (Phi) is 6.43. The average molecular weight is 280 g/mol. The summed E-state index contributed by atoms with van der Waals surface area (Å²) in [6, 6.07) is 7.63. The summed E-state index contributed by atoms with van der Waals surface area (Å²) in [6.45, 7) is 8.01. The van der Waals surface area contributed by atoms with Crippen LogP contribution in [-0.4, -0.2) is 21.0 Å². The molecule has 0 saturated carbocycles. The van der Waals surface area contributed by atoms with Crippen molar-refractivity contribution in [2.75, 3.05) is 5.75 Å². The summed E-state index contributed by atoms with van der Waals surface area (Å²) in [5, 5.41) is -0.415. The maximum atomic E-state index is 12.3. The fraction of sp³-hybridized carbons (Fsp3) is 0.562. The predicted octanol–water partition coefficient (Wildman–Crippen LogP) is 3.62. The maximum Gasteiger partial charge on any atom is 0.178 e. The van der Waals surface area contributed by atoms with Gasteiger partial charge < -0.3 is 0 Å². The van der Waals surface area contributed by atoms with Crippen molar-refractivity contribution in [3.63, 3.8) is 0 Å². The van der Waals surface area contributed by atoms with Crippen LogP contribution in [0.5, 0.6) is 0 Å². The number of aryl methyl sites for hydroxylation is 1. The van der Waals surface area contributed by atoms with E-state index in [9.17, 15) is 9.00 Å². The van der Waals surface area contributed by atoms with Crippen molar-refractivity contribution < 1.29 is 9.00 Å². The average Bonchev–Trinajstić information content (AvgIpc) is 2.45. The fourth-order valence-corrected chi connectivity index (χ4v) is 3.26. The third kappa shape index (κ3) is 4.57. The van der Waals surface area contributed by atoms with E-state index in [4.69, 9.17) is 0 Å². The lowest BCUT2D eigenvalue weighted by Gasteiger charge is -2.14. The number of benzene rings is 1. The number of carbonyl (C=O) groups is 1. The molecule has 0 bridgehead atoms. The van der Waals surface area contributed by atoms with Crippen molar-refractivity contribution >= 4 is 16.6 Å². The van der Waals surface area contributed by atoms with Crippen LogP contribution in [0, 0.1) is 5.92 Å². The van der Waals surface area contributed by atoms with Gasteiger partial charge in [0.15, 0.2) is 5.78 Å². The molecule has 0 aliphatic heterocycles. The molecule has 0 aliphatic carbocycles. The quantitative estimate of drug-likeness (QED) is 0.715. The van der Waals surface area contributed by atoms with Crippen LogP contribution >= 0.6 is 0 Å². The molecule has 0 aliphatic rings. The van der Waals surface area contributed by atoms with Gasteiger partial charge in [-0.05, 0) is 24.8 Å². The van der Waals surface area contributed by atoms with Crippen LogP contribution in [0.25, 0.3) is 0 Å². The topological polar surface area (TPSA) is 34.1 Å². The van der Waals surface area contributed by atoms with Gasteiger partial charge in [-0.15, -0.1) is 0 Å². The van der Waals surface area contributed by atoms with Gasteiger partial charge in [0.25, 0.3) is 0 Å². The zero-order valence-corrected chi connectivity index (χ0v) is 13.1. The van der Waals surface area contributed by atoms with Crippen molar-refractivity contribution in [1.82, 2.24) is 0 Å². The van der Waals surface area contributed by atoms with Crippen molar-refractivity contribution in [3.05, 3.63) is 35.4 Å². The number of Topliss-reactive ketones (excluding diaryl/α,β-unsaturated/α-hetero) is 1. The second-order valence-corrected chi connectivity index (χ2v) is 6.92. The minimum Gasteiger partial charge on any atom is -0.293 e. The molecule has 1 rings (SSSR count). The summed E-state index contributed by atoms with van der Waals surface area (Å²) in [4.78, 5) is 12.3. The number of carbonyl (C=O) groups excluding carboxylic acids is 1. The van der Waals surface area contributed by atoms with Crippen LogP contribution in [0.3, 0.4) is 0 Å². The highest BCUT2D eigenvalue weighted by Gasteiger charge is 2.22. The summed E-state index contributed by atoms with van der Waals surface area (Å²) in [5.41, 5.74) is 1.88. The first-order valence-electron chi connectivity index (χ1n) is 6.99. The zero-order valence-electron chi connectivity index (χ0n) is 12.3. The van der Waals surface area contributed by atoms with E-state index in [1.54, 1.807) is 6.92 Å². The third-order valence-corrected chi connectivity index (χ3v) is 5.46. The molecule has 3 unspecified atom stereocenters. The monoisotopic (exact) mass is 280 g/mol. The number of hydrogen-bond acceptors (Lipinski definition) is 2. The van der Waals surface area contributed by atoms with E-state index in [1.165, 1.54) is 5.56 Å². The van der Waals surface area contributed by atoms with E-state index in [-0.39, 0.29) is 5.78 Å². The summed E-state index contributed by atoms with van der Waals surface area (Å²) >= 11 is 0. The number of hydrogen-bond donors (Lipinski definition) is 0. The molecule has 0 spiro atoms. The van der Waals surface area contributed by atoms with Crippen molar-refractivity contribution in [2.45, 2.75) is 45.8 Å². The summed E-state index contributed by atoms with van der Waals surface area (Å²) in [5.74, 6) is 0.999. The van der Waals surface area contributed by atoms with Gasteiger partial charge in [0.2, 0.25) is 0 Å². The van der Waals surface area contributed by atoms with Gasteiger partial charge in [-0.2, -0.15) is 0 Å². The highest BCUT2D eigenvalue weighted by Crippen LogP contribution is 2.13. The fourth-order valence-electron chi connectivity index (χ4n) is 1.80. The van der Waals surface area contributed by atoms with Crippen molar-refractivity contribution in [3.8, 4) is 0 Å². The molecular weight excluding hydrogens is 256 g/mol. The molecule has 0 amide bonds. The Labute approximate surface area is 119 Å². The third-order valence-electron chi connectivity index (χ3n) is 3.56. The molecular formula is C16H24O2S. The SMILES string of the molecule is CCc1ccc(C(=O)C(C)S(=O)CC(C)CC)cc1. The van der Waals surface area contributed by atoms with Gasteiger partial charge in [0, 0.05) is 22.1 Å². The first-order valence-corrected chi connectivity index (χ1v) is 8.38. The molecule has 106 valence electrons. The molecule has 3 atom stereocenters. The number of rotatable bonds is 7. The lowest BCUT2D eigenvalue weighted by molar-refractivity contribution is 0.0992.